The number of benzene rings is 2. The standard InChI is InChI=1S/C21H17FN4OS/c1-27-19-5-3-2-4-17(19)26-13-28-20-8-14(6-7-18(20)26)11-25-12-24-16-9-15(22)10-23-21(16)25/h2-10,12H,11,13H2,1H3. The van der Waals surface area contributed by atoms with Gasteiger partial charge in [0, 0.05) is 11.0 Å². The van der Waals surface area contributed by atoms with Gasteiger partial charge in [0.05, 0.1) is 43.4 Å². The lowest BCUT2D eigenvalue weighted by molar-refractivity contribution is 0.415. The molecule has 1 aliphatic rings. The number of thioether (sulfide) groups is 1. The fourth-order valence-electron chi connectivity index (χ4n) is 3.49. The van der Waals surface area contributed by atoms with Crippen molar-refractivity contribution in [3.8, 4) is 5.75 Å². The number of aromatic nitrogens is 3. The molecule has 140 valence electrons. The zero-order valence-corrected chi connectivity index (χ0v) is 16.0. The number of hydrogen-bond acceptors (Lipinski definition) is 5. The van der Waals surface area contributed by atoms with Gasteiger partial charge >= 0.3 is 0 Å². The first-order valence-electron chi connectivity index (χ1n) is 8.85. The van der Waals surface area contributed by atoms with Crippen molar-refractivity contribution in [2.75, 3.05) is 17.9 Å². The van der Waals surface area contributed by atoms with E-state index in [1.165, 1.54) is 22.8 Å². The molecule has 2 aromatic carbocycles. The molecule has 0 atom stereocenters. The van der Waals surface area contributed by atoms with E-state index in [9.17, 15) is 4.39 Å². The Kier molecular flexibility index (Phi) is 4.16. The lowest BCUT2D eigenvalue weighted by Gasteiger charge is -2.21. The summed E-state index contributed by atoms with van der Waals surface area (Å²) in [7, 11) is 1.70. The number of para-hydroxylation sites is 2. The Hall–Kier alpha value is -3.06. The number of imidazole rings is 1. The highest BCUT2D eigenvalue weighted by molar-refractivity contribution is 7.99. The summed E-state index contributed by atoms with van der Waals surface area (Å²) in [5, 5.41) is 0. The molecule has 28 heavy (non-hydrogen) atoms. The normalized spacial score (nSPS) is 13.1. The summed E-state index contributed by atoms with van der Waals surface area (Å²) in [5.41, 5.74) is 4.64. The van der Waals surface area contributed by atoms with Crippen molar-refractivity contribution >= 4 is 34.3 Å². The van der Waals surface area contributed by atoms with Gasteiger partial charge in [-0.2, -0.15) is 0 Å². The van der Waals surface area contributed by atoms with Crippen LogP contribution >= 0.6 is 11.8 Å². The molecule has 0 amide bonds. The Balaban J connectivity index is 1.45. The first-order valence-corrected chi connectivity index (χ1v) is 9.84. The molecule has 0 fully saturated rings. The average Bonchev–Trinajstić information content (AvgIpc) is 3.31. The predicted molar refractivity (Wildman–Crippen MR) is 109 cm³/mol. The summed E-state index contributed by atoms with van der Waals surface area (Å²) < 4.78 is 20.8. The van der Waals surface area contributed by atoms with E-state index in [0.29, 0.717) is 17.7 Å². The second-order valence-electron chi connectivity index (χ2n) is 6.54. The van der Waals surface area contributed by atoms with Crippen LogP contribution in [0, 0.1) is 5.82 Å². The second-order valence-corrected chi connectivity index (χ2v) is 7.53. The zero-order chi connectivity index (χ0) is 19.1. The van der Waals surface area contributed by atoms with Gasteiger partial charge in [-0.05, 0) is 29.8 Å². The van der Waals surface area contributed by atoms with Gasteiger partial charge in [0.2, 0.25) is 0 Å². The first-order chi connectivity index (χ1) is 13.7. The van der Waals surface area contributed by atoms with Gasteiger partial charge in [0.1, 0.15) is 17.1 Å². The van der Waals surface area contributed by atoms with Gasteiger partial charge < -0.3 is 14.2 Å². The van der Waals surface area contributed by atoms with E-state index >= 15 is 0 Å². The molecule has 5 rings (SSSR count). The summed E-state index contributed by atoms with van der Waals surface area (Å²) >= 11 is 1.80. The van der Waals surface area contributed by atoms with E-state index in [-0.39, 0.29) is 5.82 Å². The molecule has 4 aromatic rings. The lowest BCUT2D eigenvalue weighted by Crippen LogP contribution is -2.12. The van der Waals surface area contributed by atoms with Gasteiger partial charge in [-0.3, -0.25) is 0 Å². The van der Waals surface area contributed by atoms with Gasteiger partial charge in [-0.25, -0.2) is 14.4 Å². The maximum Gasteiger partial charge on any atom is 0.160 e. The monoisotopic (exact) mass is 392 g/mol. The summed E-state index contributed by atoms with van der Waals surface area (Å²) in [5.74, 6) is 1.33. The summed E-state index contributed by atoms with van der Waals surface area (Å²) in [6.45, 7) is 0.637. The minimum absolute atomic E-state index is 0.372. The third kappa shape index (κ3) is 2.88. The van der Waals surface area contributed by atoms with E-state index in [1.54, 1.807) is 25.2 Å². The van der Waals surface area contributed by atoms with Crippen molar-refractivity contribution in [2.24, 2.45) is 0 Å². The Morgan fingerprint density at radius 2 is 2.00 bits per heavy atom. The van der Waals surface area contributed by atoms with E-state index in [1.807, 2.05) is 22.8 Å². The maximum atomic E-state index is 13.3. The molecular weight excluding hydrogens is 375 g/mol. The maximum absolute atomic E-state index is 13.3. The van der Waals surface area contributed by atoms with Crippen LogP contribution in [-0.4, -0.2) is 27.5 Å². The largest absolute Gasteiger partial charge is 0.495 e. The number of nitrogens with zero attached hydrogens (tertiary/aromatic N) is 4. The quantitative estimate of drug-likeness (QED) is 0.498. The van der Waals surface area contributed by atoms with Gasteiger partial charge in [0.25, 0.3) is 0 Å². The molecule has 0 radical (unpaired) electrons. The molecule has 7 heteroatoms. The Morgan fingerprint density at radius 1 is 1.11 bits per heavy atom. The van der Waals surface area contributed by atoms with Crippen LogP contribution in [0.5, 0.6) is 5.75 Å². The van der Waals surface area contributed by atoms with Crippen molar-refractivity contribution in [3.05, 3.63) is 72.4 Å². The third-order valence-corrected chi connectivity index (χ3v) is 5.84. The molecule has 0 saturated heterocycles. The van der Waals surface area contributed by atoms with Crippen LogP contribution in [0.4, 0.5) is 15.8 Å². The number of rotatable bonds is 4. The molecule has 3 heterocycles. The molecule has 1 aliphatic heterocycles. The molecule has 5 nitrogen and oxygen atoms in total. The van der Waals surface area contributed by atoms with Crippen molar-refractivity contribution in [1.82, 2.24) is 14.5 Å². The number of anilines is 2. The molecule has 0 spiro atoms. The highest BCUT2D eigenvalue weighted by Gasteiger charge is 2.23. The van der Waals surface area contributed by atoms with Gasteiger partial charge in [-0.1, -0.05) is 18.2 Å². The number of ether oxygens (including phenoxy) is 1. The first kappa shape index (κ1) is 17.1. The number of fused-ring (bicyclic) bond motifs is 2. The van der Waals surface area contributed by atoms with Gasteiger partial charge in [-0.15, -0.1) is 11.8 Å². The number of hydrogen-bond donors (Lipinski definition) is 0. The van der Waals surface area contributed by atoms with Crippen LogP contribution in [0.25, 0.3) is 11.2 Å². The van der Waals surface area contributed by atoms with Crippen molar-refractivity contribution < 1.29 is 9.13 Å². The van der Waals surface area contributed by atoms with Crippen LogP contribution in [-0.2, 0) is 6.54 Å². The predicted octanol–water partition coefficient (Wildman–Crippen LogP) is 4.83. The SMILES string of the molecule is COc1ccccc1N1CSc2cc(Cn3cnc4cc(F)cnc43)ccc21. The fourth-order valence-corrected chi connectivity index (χ4v) is 4.60. The van der Waals surface area contributed by atoms with E-state index in [2.05, 4.69) is 39.1 Å². The van der Waals surface area contributed by atoms with Crippen molar-refractivity contribution in [3.63, 3.8) is 0 Å². The number of pyridine rings is 1. The van der Waals surface area contributed by atoms with E-state index in [0.717, 1.165) is 22.9 Å². The second kappa shape index (κ2) is 6.83. The van der Waals surface area contributed by atoms with E-state index < -0.39 is 0 Å². The topological polar surface area (TPSA) is 43.2 Å². The summed E-state index contributed by atoms with van der Waals surface area (Å²) in [6, 6.07) is 15.9. The van der Waals surface area contributed by atoms with Crippen molar-refractivity contribution in [2.45, 2.75) is 11.4 Å². The fraction of sp³-hybridized carbons (Fsp3) is 0.143. The third-order valence-electron chi connectivity index (χ3n) is 4.82. The molecule has 0 unspecified atom stereocenters. The molecule has 0 bridgehead atoms. The zero-order valence-electron chi connectivity index (χ0n) is 15.2. The summed E-state index contributed by atoms with van der Waals surface area (Å²) in [6.07, 6.45) is 2.93. The number of methoxy groups -OCH3 is 1. The van der Waals surface area contributed by atoms with Gasteiger partial charge in [0.15, 0.2) is 5.65 Å². The lowest BCUT2D eigenvalue weighted by atomic mass is 10.1. The van der Waals surface area contributed by atoms with Crippen LogP contribution < -0.4 is 9.64 Å². The highest BCUT2D eigenvalue weighted by Crippen LogP contribution is 2.45. The molecular formula is C21H17FN4OS. The minimum Gasteiger partial charge on any atom is -0.495 e. The average molecular weight is 392 g/mol. The van der Waals surface area contributed by atoms with Crippen LogP contribution in [0.3, 0.4) is 0 Å². The highest BCUT2D eigenvalue weighted by atomic mass is 32.2. The van der Waals surface area contributed by atoms with Crippen molar-refractivity contribution in [1.29, 1.82) is 0 Å². The van der Waals surface area contributed by atoms with Crippen LogP contribution in [0.1, 0.15) is 5.56 Å². The van der Waals surface area contributed by atoms with Crippen LogP contribution in [0.15, 0.2) is 66.0 Å². The Morgan fingerprint density at radius 3 is 2.89 bits per heavy atom. The molecule has 0 N–H and O–H groups in total. The number of halogens is 1. The molecule has 2 aromatic heterocycles. The molecule has 0 saturated carbocycles. The molecule has 0 aliphatic carbocycles. The smallest absolute Gasteiger partial charge is 0.160 e. The Labute approximate surface area is 165 Å². The Bertz CT molecular complexity index is 1180. The minimum atomic E-state index is -0.372. The van der Waals surface area contributed by atoms with Crippen LogP contribution in [0.2, 0.25) is 0 Å². The summed E-state index contributed by atoms with van der Waals surface area (Å²) in [4.78, 5) is 11.9. The van der Waals surface area contributed by atoms with E-state index in [4.69, 9.17) is 4.74 Å².